The zero-order valence-corrected chi connectivity index (χ0v) is 27.6. The van der Waals surface area contributed by atoms with Gasteiger partial charge in [0, 0.05) is 37.2 Å². The summed E-state index contributed by atoms with van der Waals surface area (Å²) >= 11 is 0. The van der Waals surface area contributed by atoms with Crippen LogP contribution in [-0.2, 0) is 46.8 Å². The van der Waals surface area contributed by atoms with Gasteiger partial charge in [0.1, 0.15) is 23.5 Å². The second-order valence-corrected chi connectivity index (χ2v) is 14.5. The summed E-state index contributed by atoms with van der Waals surface area (Å²) in [6.07, 6.45) is 3.17. The van der Waals surface area contributed by atoms with Crippen molar-refractivity contribution in [3.63, 3.8) is 0 Å². The summed E-state index contributed by atoms with van der Waals surface area (Å²) in [4.78, 5) is 13.3. The van der Waals surface area contributed by atoms with Crippen LogP contribution in [-0.4, -0.2) is 82.3 Å². The van der Waals surface area contributed by atoms with Crippen LogP contribution in [0.5, 0.6) is 5.75 Å². The van der Waals surface area contributed by atoms with Gasteiger partial charge in [0.15, 0.2) is 6.29 Å². The van der Waals surface area contributed by atoms with Crippen LogP contribution in [0.25, 0.3) is 0 Å². The lowest BCUT2D eigenvalue weighted by atomic mass is 9.90. The molecule has 5 atom stereocenters. The number of ether oxygens (including phenoxy) is 5. The highest BCUT2D eigenvalue weighted by Gasteiger charge is 2.44. The van der Waals surface area contributed by atoms with Crippen molar-refractivity contribution in [2.24, 2.45) is 11.8 Å². The number of carbonyl (C=O) groups is 1. The molecule has 2 aromatic carbocycles. The third-order valence-electron chi connectivity index (χ3n) is 9.14. The molecule has 13 heteroatoms. The minimum atomic E-state index is -4.16. The van der Waals surface area contributed by atoms with E-state index in [0.717, 1.165) is 50.3 Å². The number of fused-ring (bicyclic) bond motifs is 2. The Morgan fingerprint density at radius 1 is 1.02 bits per heavy atom. The summed E-state index contributed by atoms with van der Waals surface area (Å²) in [5.74, 6) is -2.73. The number of hydrogen-bond donors (Lipinski definition) is 1. The van der Waals surface area contributed by atoms with Gasteiger partial charge in [-0.3, -0.25) is 4.79 Å². The first kappa shape index (κ1) is 35.6. The van der Waals surface area contributed by atoms with E-state index in [1.54, 1.807) is 12.1 Å². The van der Waals surface area contributed by atoms with Crippen LogP contribution >= 0.6 is 0 Å². The standard InChI is InChI=1S/C34H45F2NO9S/c1-42-28-8-9-32-25(17-28)21-43-12-7-5-3-2-4-6-11-37(47(32,40)41)20-30(38)24(14-23-15-26(35)19-27(36)16-23)18-33(39)46-31-22-45-34-29(31)10-13-44-34/h8-9,15-17,19,24,29-31,34,38H,2-7,10-14,18,20-22H2,1H3/t24-,29+,30-,31+,34-/m1/s1. The zero-order chi connectivity index (χ0) is 33.4. The number of hydrogen-bond acceptors (Lipinski definition) is 9. The SMILES string of the molecule is COc1ccc2c(c1)COCCCCCCCCN(C[C@@H](O)[C@@H](CC(=O)O[C@H]1CO[C@H]3OCC[C@H]31)Cc1cc(F)cc(F)c1)S2(=O)=O. The summed E-state index contributed by atoms with van der Waals surface area (Å²) in [5, 5.41) is 11.7. The predicted molar refractivity (Wildman–Crippen MR) is 167 cm³/mol. The van der Waals surface area contributed by atoms with Crippen molar-refractivity contribution in [3.05, 3.63) is 59.2 Å². The molecule has 0 saturated carbocycles. The Morgan fingerprint density at radius 3 is 2.53 bits per heavy atom. The highest BCUT2D eigenvalue weighted by Crippen LogP contribution is 2.34. The molecule has 0 unspecified atom stereocenters. The quantitative estimate of drug-likeness (QED) is 0.374. The minimum Gasteiger partial charge on any atom is -0.497 e. The van der Waals surface area contributed by atoms with E-state index < -0.39 is 52.0 Å². The summed E-state index contributed by atoms with van der Waals surface area (Å²) in [7, 11) is -2.66. The van der Waals surface area contributed by atoms with Gasteiger partial charge >= 0.3 is 5.97 Å². The van der Waals surface area contributed by atoms with E-state index >= 15 is 0 Å². The molecule has 10 nitrogen and oxygen atoms in total. The van der Waals surface area contributed by atoms with Crippen molar-refractivity contribution in [1.29, 1.82) is 0 Å². The Labute approximate surface area is 275 Å². The summed E-state index contributed by atoms with van der Waals surface area (Å²) in [5.41, 5.74) is 0.663. The molecular weight excluding hydrogens is 636 g/mol. The van der Waals surface area contributed by atoms with E-state index in [1.165, 1.54) is 17.5 Å². The number of halogens is 2. The van der Waals surface area contributed by atoms with Crippen LogP contribution in [0.4, 0.5) is 8.78 Å². The number of sulfonamides is 1. The fourth-order valence-electron chi connectivity index (χ4n) is 6.59. The largest absolute Gasteiger partial charge is 0.497 e. The van der Waals surface area contributed by atoms with E-state index in [1.807, 2.05) is 0 Å². The van der Waals surface area contributed by atoms with Gasteiger partial charge < -0.3 is 28.8 Å². The number of nitrogens with zero attached hydrogens (tertiary/aromatic N) is 1. The van der Waals surface area contributed by atoms with E-state index in [0.29, 0.717) is 37.4 Å². The summed E-state index contributed by atoms with van der Waals surface area (Å²) < 4.78 is 86.1. The second-order valence-electron chi connectivity index (χ2n) is 12.6. The molecule has 0 bridgehead atoms. The maximum absolute atomic E-state index is 14.3. The van der Waals surface area contributed by atoms with Crippen molar-refractivity contribution in [2.45, 2.75) is 87.8 Å². The van der Waals surface area contributed by atoms with Crippen LogP contribution in [0.15, 0.2) is 41.3 Å². The molecule has 3 aliphatic rings. The lowest BCUT2D eigenvalue weighted by molar-refractivity contribution is -0.153. The Morgan fingerprint density at radius 2 is 1.77 bits per heavy atom. The van der Waals surface area contributed by atoms with Gasteiger partial charge in [-0.15, -0.1) is 0 Å². The summed E-state index contributed by atoms with van der Waals surface area (Å²) in [6.45, 7) is 1.06. The van der Waals surface area contributed by atoms with E-state index in [2.05, 4.69) is 0 Å². The molecule has 0 radical (unpaired) electrons. The molecule has 0 spiro atoms. The fraction of sp³-hybridized carbons (Fsp3) is 0.618. The minimum absolute atomic E-state index is 0.0419. The molecule has 0 aromatic heterocycles. The van der Waals surface area contributed by atoms with Crippen molar-refractivity contribution in [1.82, 2.24) is 4.31 Å². The van der Waals surface area contributed by atoms with Crippen LogP contribution in [0.2, 0.25) is 0 Å². The third kappa shape index (κ3) is 9.48. The fourth-order valence-corrected chi connectivity index (χ4v) is 8.28. The van der Waals surface area contributed by atoms with Crippen LogP contribution < -0.4 is 4.74 Å². The number of carbonyl (C=O) groups excluding carboxylic acids is 1. The van der Waals surface area contributed by atoms with Crippen molar-refractivity contribution in [2.75, 3.05) is 40.0 Å². The molecular formula is C34H45F2NO9S. The molecule has 47 heavy (non-hydrogen) atoms. The molecule has 0 amide bonds. The van der Waals surface area contributed by atoms with Crippen molar-refractivity contribution in [3.8, 4) is 5.75 Å². The molecule has 1 N–H and O–H groups in total. The van der Waals surface area contributed by atoms with E-state index in [9.17, 15) is 27.1 Å². The highest BCUT2D eigenvalue weighted by atomic mass is 32.2. The highest BCUT2D eigenvalue weighted by molar-refractivity contribution is 7.89. The Bertz CT molecular complexity index is 1440. The number of aliphatic hydroxyl groups excluding tert-OH is 1. The Balaban J connectivity index is 1.40. The normalized spacial score (nSPS) is 25.2. The monoisotopic (exact) mass is 681 g/mol. The first-order chi connectivity index (χ1) is 22.6. The van der Waals surface area contributed by atoms with E-state index in [4.69, 9.17) is 23.7 Å². The lowest BCUT2D eigenvalue weighted by Crippen LogP contribution is -2.42. The first-order valence-electron chi connectivity index (χ1n) is 16.4. The molecule has 3 aliphatic heterocycles. The van der Waals surface area contributed by atoms with Crippen LogP contribution in [0.3, 0.4) is 0 Å². The lowest BCUT2D eigenvalue weighted by Gasteiger charge is -2.30. The number of benzene rings is 2. The van der Waals surface area contributed by atoms with Gasteiger partial charge in [-0.1, -0.05) is 25.7 Å². The Hall–Kier alpha value is -2.68. The second kappa shape index (κ2) is 16.6. The third-order valence-corrected chi connectivity index (χ3v) is 11.1. The molecule has 0 aliphatic carbocycles. The average molecular weight is 682 g/mol. The molecule has 5 rings (SSSR count). The Kier molecular flexibility index (Phi) is 12.6. The number of β-amino-alcohol motifs (C(OH)–C–C–N with tert-alkyl or cyclic N) is 1. The maximum atomic E-state index is 14.3. The van der Waals surface area contributed by atoms with Crippen LogP contribution in [0.1, 0.15) is 62.5 Å². The topological polar surface area (TPSA) is 121 Å². The van der Waals surface area contributed by atoms with E-state index in [-0.39, 0.29) is 55.5 Å². The summed E-state index contributed by atoms with van der Waals surface area (Å²) in [6, 6.07) is 7.71. The van der Waals surface area contributed by atoms with Crippen molar-refractivity contribution < 1.29 is 50.8 Å². The van der Waals surface area contributed by atoms with Gasteiger partial charge in [-0.05, 0) is 61.6 Å². The zero-order valence-electron chi connectivity index (χ0n) is 26.8. The number of rotatable bonds is 9. The first-order valence-corrected chi connectivity index (χ1v) is 17.9. The average Bonchev–Trinajstić information content (AvgIpc) is 3.65. The number of esters is 1. The number of aliphatic hydroxyl groups is 1. The molecule has 260 valence electrons. The van der Waals surface area contributed by atoms with Gasteiger partial charge in [0.05, 0.1) is 50.3 Å². The maximum Gasteiger partial charge on any atom is 0.306 e. The van der Waals surface area contributed by atoms with Crippen molar-refractivity contribution >= 4 is 16.0 Å². The molecule has 2 aromatic rings. The predicted octanol–water partition coefficient (Wildman–Crippen LogP) is 4.75. The molecule has 2 saturated heterocycles. The molecule has 3 heterocycles. The number of methoxy groups -OCH3 is 1. The van der Waals surface area contributed by atoms with Gasteiger partial charge in [0.2, 0.25) is 10.0 Å². The van der Waals surface area contributed by atoms with Gasteiger partial charge in [-0.2, -0.15) is 4.31 Å². The van der Waals surface area contributed by atoms with Crippen LogP contribution in [0, 0.1) is 23.5 Å². The van der Waals surface area contributed by atoms with Gasteiger partial charge in [0.25, 0.3) is 0 Å². The van der Waals surface area contributed by atoms with Gasteiger partial charge in [-0.25, -0.2) is 17.2 Å². The molecule has 2 fully saturated rings. The smallest absolute Gasteiger partial charge is 0.306 e.